The molecule has 3 atom stereocenters. The number of phenolic OH excluding ortho intramolecular Hbond substituents is 1. The van der Waals surface area contributed by atoms with Gasteiger partial charge in [0.2, 0.25) is 0 Å². The van der Waals surface area contributed by atoms with Crippen LogP contribution in [0.4, 0.5) is 5.69 Å². The van der Waals surface area contributed by atoms with Crippen molar-refractivity contribution in [3.8, 4) is 5.75 Å². The normalized spacial score (nSPS) is 25.6. The number of phenols is 1. The van der Waals surface area contributed by atoms with E-state index in [0.717, 1.165) is 35.2 Å². The number of hydrogen-bond donors (Lipinski definition) is 2. The SMILES string of the molecule is CCc1ccc2c(c1)[C@H]1OCC[C@H]1[C@H](c1cc(O)ccc1Br)N2. The molecule has 0 radical (unpaired) electrons. The first kappa shape index (κ1) is 15.0. The largest absolute Gasteiger partial charge is 0.508 e. The highest BCUT2D eigenvalue weighted by molar-refractivity contribution is 9.10. The van der Waals surface area contributed by atoms with E-state index in [4.69, 9.17) is 4.74 Å². The minimum Gasteiger partial charge on any atom is -0.508 e. The van der Waals surface area contributed by atoms with Crippen LogP contribution in [0.3, 0.4) is 0 Å². The van der Waals surface area contributed by atoms with Gasteiger partial charge in [-0.15, -0.1) is 0 Å². The minimum atomic E-state index is 0.136. The van der Waals surface area contributed by atoms with Crippen molar-refractivity contribution in [2.75, 3.05) is 11.9 Å². The van der Waals surface area contributed by atoms with E-state index in [-0.39, 0.29) is 12.1 Å². The van der Waals surface area contributed by atoms with Gasteiger partial charge in [-0.3, -0.25) is 0 Å². The molecule has 2 aliphatic rings. The third kappa shape index (κ3) is 2.54. The molecule has 2 aromatic rings. The standard InChI is InChI=1S/C19H20BrNO2/c1-2-11-3-6-17-15(9-11)19-13(7-8-23-19)18(21-17)14-10-12(22)4-5-16(14)20/h3-6,9-10,13,18-19,21-22H,2,7-8H2,1H3/t13-,18+,19-/m0/s1. The zero-order chi connectivity index (χ0) is 16.0. The first-order chi connectivity index (χ1) is 11.2. The molecule has 0 bridgehead atoms. The first-order valence-electron chi connectivity index (χ1n) is 8.16. The summed E-state index contributed by atoms with van der Waals surface area (Å²) in [5.74, 6) is 0.681. The Bertz CT molecular complexity index is 746. The van der Waals surface area contributed by atoms with Crippen LogP contribution in [0.25, 0.3) is 0 Å². The topological polar surface area (TPSA) is 41.5 Å². The van der Waals surface area contributed by atoms with Crippen LogP contribution in [0.15, 0.2) is 40.9 Å². The zero-order valence-corrected chi connectivity index (χ0v) is 14.6. The molecule has 23 heavy (non-hydrogen) atoms. The van der Waals surface area contributed by atoms with Crippen LogP contribution in [-0.2, 0) is 11.2 Å². The molecule has 0 aromatic heterocycles. The Balaban J connectivity index is 1.79. The Labute approximate surface area is 144 Å². The summed E-state index contributed by atoms with van der Waals surface area (Å²) >= 11 is 3.63. The summed E-state index contributed by atoms with van der Waals surface area (Å²) in [4.78, 5) is 0. The molecule has 0 amide bonds. The van der Waals surface area contributed by atoms with Crippen molar-refractivity contribution in [1.82, 2.24) is 0 Å². The summed E-state index contributed by atoms with van der Waals surface area (Å²) in [7, 11) is 0. The predicted octanol–water partition coefficient (Wildman–Crippen LogP) is 4.96. The number of hydrogen-bond acceptors (Lipinski definition) is 3. The van der Waals surface area contributed by atoms with Crippen molar-refractivity contribution < 1.29 is 9.84 Å². The van der Waals surface area contributed by atoms with Crippen LogP contribution >= 0.6 is 15.9 Å². The second kappa shape index (κ2) is 5.84. The molecule has 2 aliphatic heterocycles. The Kier molecular flexibility index (Phi) is 3.82. The van der Waals surface area contributed by atoms with Gasteiger partial charge in [-0.25, -0.2) is 0 Å². The second-order valence-corrected chi connectivity index (χ2v) is 7.20. The molecule has 2 aromatic carbocycles. The van der Waals surface area contributed by atoms with Gasteiger partial charge in [-0.1, -0.05) is 35.0 Å². The number of aromatic hydroxyl groups is 1. The Morgan fingerprint density at radius 3 is 2.91 bits per heavy atom. The summed E-state index contributed by atoms with van der Waals surface area (Å²) < 4.78 is 7.11. The second-order valence-electron chi connectivity index (χ2n) is 6.35. The van der Waals surface area contributed by atoms with Gasteiger partial charge in [-0.05, 0) is 48.2 Å². The molecule has 2 heterocycles. The molecule has 1 fully saturated rings. The number of fused-ring (bicyclic) bond motifs is 3. The van der Waals surface area contributed by atoms with E-state index in [2.05, 4.69) is 46.4 Å². The lowest BCUT2D eigenvalue weighted by Gasteiger charge is -2.37. The fourth-order valence-corrected chi connectivity index (χ4v) is 4.31. The lowest BCUT2D eigenvalue weighted by molar-refractivity contribution is 0.0828. The summed E-state index contributed by atoms with van der Waals surface area (Å²) in [5.41, 5.74) is 4.86. The van der Waals surface area contributed by atoms with Crippen LogP contribution in [0, 0.1) is 5.92 Å². The van der Waals surface area contributed by atoms with Crippen molar-refractivity contribution in [2.24, 2.45) is 5.92 Å². The van der Waals surface area contributed by atoms with E-state index < -0.39 is 0 Å². The Morgan fingerprint density at radius 1 is 1.22 bits per heavy atom. The quantitative estimate of drug-likeness (QED) is 0.781. The molecule has 0 spiro atoms. The predicted molar refractivity (Wildman–Crippen MR) is 94.8 cm³/mol. The number of anilines is 1. The number of aryl methyl sites for hydroxylation is 1. The highest BCUT2D eigenvalue weighted by Crippen LogP contribution is 2.51. The zero-order valence-electron chi connectivity index (χ0n) is 13.1. The molecule has 4 heteroatoms. The van der Waals surface area contributed by atoms with E-state index in [9.17, 15) is 5.11 Å². The molecule has 0 saturated carbocycles. The molecule has 1 saturated heterocycles. The lowest BCUT2D eigenvalue weighted by atomic mass is 9.80. The van der Waals surface area contributed by atoms with Gasteiger partial charge in [0.25, 0.3) is 0 Å². The number of nitrogens with one attached hydrogen (secondary N) is 1. The van der Waals surface area contributed by atoms with Crippen molar-refractivity contribution in [1.29, 1.82) is 0 Å². The lowest BCUT2D eigenvalue weighted by Crippen LogP contribution is -2.29. The van der Waals surface area contributed by atoms with Gasteiger partial charge >= 0.3 is 0 Å². The fourth-order valence-electron chi connectivity index (χ4n) is 3.82. The number of ether oxygens (including phenoxy) is 1. The van der Waals surface area contributed by atoms with Gasteiger partial charge in [0.15, 0.2) is 0 Å². The molecule has 0 aliphatic carbocycles. The monoisotopic (exact) mass is 373 g/mol. The first-order valence-corrected chi connectivity index (χ1v) is 8.96. The third-order valence-electron chi connectivity index (χ3n) is 5.02. The van der Waals surface area contributed by atoms with E-state index in [1.165, 1.54) is 11.1 Å². The van der Waals surface area contributed by atoms with Crippen molar-refractivity contribution in [3.05, 3.63) is 57.6 Å². The summed E-state index contributed by atoms with van der Waals surface area (Å²) in [6.45, 7) is 2.97. The average molecular weight is 374 g/mol. The number of halogens is 1. The van der Waals surface area contributed by atoms with Crippen LogP contribution in [-0.4, -0.2) is 11.7 Å². The Morgan fingerprint density at radius 2 is 2.09 bits per heavy atom. The average Bonchev–Trinajstić information content (AvgIpc) is 3.06. The van der Waals surface area contributed by atoms with E-state index in [1.54, 1.807) is 6.07 Å². The van der Waals surface area contributed by atoms with Crippen molar-refractivity contribution >= 4 is 21.6 Å². The molecular formula is C19H20BrNO2. The molecule has 4 rings (SSSR count). The Hall–Kier alpha value is -1.52. The third-order valence-corrected chi connectivity index (χ3v) is 5.74. The van der Waals surface area contributed by atoms with E-state index in [0.29, 0.717) is 11.7 Å². The van der Waals surface area contributed by atoms with Gasteiger partial charge in [0, 0.05) is 28.2 Å². The highest BCUT2D eigenvalue weighted by Gasteiger charge is 2.42. The number of benzene rings is 2. The molecule has 120 valence electrons. The summed E-state index contributed by atoms with van der Waals surface area (Å²) in [6.07, 6.45) is 2.20. The van der Waals surface area contributed by atoms with Gasteiger partial charge in [-0.2, -0.15) is 0 Å². The summed E-state index contributed by atoms with van der Waals surface area (Å²) in [6, 6.07) is 12.2. The molecular weight excluding hydrogens is 354 g/mol. The van der Waals surface area contributed by atoms with Crippen LogP contribution in [0.2, 0.25) is 0 Å². The fraction of sp³-hybridized carbons (Fsp3) is 0.368. The maximum Gasteiger partial charge on any atom is 0.116 e. The van der Waals surface area contributed by atoms with Gasteiger partial charge < -0.3 is 15.2 Å². The van der Waals surface area contributed by atoms with E-state index >= 15 is 0 Å². The van der Waals surface area contributed by atoms with Gasteiger partial charge in [0.1, 0.15) is 5.75 Å². The minimum absolute atomic E-state index is 0.136. The van der Waals surface area contributed by atoms with Crippen LogP contribution in [0.5, 0.6) is 5.75 Å². The maximum absolute atomic E-state index is 9.89. The molecule has 0 unspecified atom stereocenters. The molecule has 2 N–H and O–H groups in total. The maximum atomic E-state index is 9.89. The number of rotatable bonds is 2. The van der Waals surface area contributed by atoms with Crippen molar-refractivity contribution in [3.63, 3.8) is 0 Å². The van der Waals surface area contributed by atoms with E-state index in [1.807, 2.05) is 12.1 Å². The molecule has 3 nitrogen and oxygen atoms in total. The smallest absolute Gasteiger partial charge is 0.116 e. The summed E-state index contributed by atoms with van der Waals surface area (Å²) in [5, 5.41) is 13.6. The van der Waals surface area contributed by atoms with Crippen LogP contribution in [0.1, 0.15) is 42.2 Å². The van der Waals surface area contributed by atoms with Crippen LogP contribution < -0.4 is 5.32 Å². The van der Waals surface area contributed by atoms with Gasteiger partial charge in [0.05, 0.1) is 12.1 Å². The highest BCUT2D eigenvalue weighted by atomic mass is 79.9. The van der Waals surface area contributed by atoms with Crippen molar-refractivity contribution in [2.45, 2.75) is 31.9 Å².